The molecular formula is C26H35N3O2. The van der Waals surface area contributed by atoms with Crippen LogP contribution in [0.4, 0.5) is 5.69 Å². The summed E-state index contributed by atoms with van der Waals surface area (Å²) in [7, 11) is 1.77. The molecule has 0 spiro atoms. The fourth-order valence-corrected chi connectivity index (χ4v) is 4.31. The third-order valence-corrected chi connectivity index (χ3v) is 6.66. The van der Waals surface area contributed by atoms with Crippen LogP contribution in [-0.2, 0) is 11.3 Å². The Hall–Kier alpha value is -2.21. The molecule has 0 atom stereocenters. The summed E-state index contributed by atoms with van der Waals surface area (Å²) in [5.74, 6) is 0.612. The van der Waals surface area contributed by atoms with Gasteiger partial charge in [-0.25, -0.2) is 0 Å². The molecule has 2 aromatic rings. The Labute approximate surface area is 186 Å². The molecule has 4 rings (SSSR count). The minimum absolute atomic E-state index is 0.0372. The van der Waals surface area contributed by atoms with Gasteiger partial charge >= 0.3 is 0 Å². The highest BCUT2D eigenvalue weighted by molar-refractivity contribution is 6.04. The lowest BCUT2D eigenvalue weighted by Gasteiger charge is -2.35. The van der Waals surface area contributed by atoms with E-state index in [9.17, 15) is 4.79 Å². The lowest BCUT2D eigenvalue weighted by molar-refractivity contribution is 0.0937. The zero-order valence-electron chi connectivity index (χ0n) is 19.1. The minimum atomic E-state index is -0.0372. The van der Waals surface area contributed by atoms with E-state index >= 15 is 0 Å². The zero-order valence-corrected chi connectivity index (χ0v) is 19.1. The number of benzene rings is 2. The van der Waals surface area contributed by atoms with Crippen LogP contribution < -0.4 is 5.32 Å². The monoisotopic (exact) mass is 421 g/mol. The van der Waals surface area contributed by atoms with Gasteiger partial charge in [-0.2, -0.15) is 0 Å². The maximum absolute atomic E-state index is 12.7. The number of ether oxygens (including phenoxy) is 1. The molecule has 166 valence electrons. The topological polar surface area (TPSA) is 44.8 Å². The van der Waals surface area contributed by atoms with Gasteiger partial charge in [0.25, 0.3) is 5.91 Å². The van der Waals surface area contributed by atoms with Crippen LogP contribution in [0, 0.1) is 13.8 Å². The van der Waals surface area contributed by atoms with Crippen molar-refractivity contribution in [3.05, 3.63) is 64.2 Å². The largest absolute Gasteiger partial charge is 0.383 e. The number of amides is 1. The molecule has 1 saturated heterocycles. The first-order valence-corrected chi connectivity index (χ1v) is 11.5. The molecule has 2 fully saturated rings. The van der Waals surface area contributed by atoms with E-state index < -0.39 is 0 Å². The van der Waals surface area contributed by atoms with Gasteiger partial charge in [-0.05, 0) is 79.1 Å². The Balaban J connectivity index is 1.40. The van der Waals surface area contributed by atoms with Crippen LogP contribution in [0.1, 0.15) is 51.4 Å². The van der Waals surface area contributed by atoms with E-state index in [1.54, 1.807) is 7.11 Å². The highest BCUT2D eigenvalue weighted by Crippen LogP contribution is 2.43. The summed E-state index contributed by atoms with van der Waals surface area (Å²) < 4.78 is 5.21. The number of aryl methyl sites for hydroxylation is 2. The van der Waals surface area contributed by atoms with E-state index in [1.807, 2.05) is 25.1 Å². The number of methoxy groups -OCH3 is 1. The molecule has 2 aliphatic rings. The van der Waals surface area contributed by atoms with E-state index in [0.29, 0.717) is 11.5 Å². The van der Waals surface area contributed by atoms with Crippen molar-refractivity contribution in [1.82, 2.24) is 9.80 Å². The van der Waals surface area contributed by atoms with Gasteiger partial charge < -0.3 is 10.1 Å². The van der Waals surface area contributed by atoms with Gasteiger partial charge in [0.1, 0.15) is 0 Å². The molecule has 1 aliphatic carbocycles. The molecule has 1 heterocycles. The van der Waals surface area contributed by atoms with Crippen LogP contribution in [0.3, 0.4) is 0 Å². The SMILES string of the molecule is COCCN1CCN(Cc2ccc(NC(=O)c3ccc(C)c(C)c3)cc2C2CC2)CC1. The molecule has 5 heteroatoms. The number of carbonyl (C=O) groups excluding carboxylic acids is 1. The normalized spacial score (nSPS) is 17.6. The van der Waals surface area contributed by atoms with Gasteiger partial charge in [0, 0.05) is 57.6 Å². The van der Waals surface area contributed by atoms with Crippen molar-refractivity contribution in [3.63, 3.8) is 0 Å². The number of piperazine rings is 1. The molecule has 0 aromatic heterocycles. The summed E-state index contributed by atoms with van der Waals surface area (Å²) in [5, 5.41) is 3.11. The minimum Gasteiger partial charge on any atom is -0.383 e. The van der Waals surface area contributed by atoms with Crippen LogP contribution in [0.2, 0.25) is 0 Å². The van der Waals surface area contributed by atoms with E-state index in [4.69, 9.17) is 4.74 Å². The maximum atomic E-state index is 12.7. The smallest absolute Gasteiger partial charge is 0.255 e. The number of anilines is 1. The number of nitrogens with one attached hydrogen (secondary N) is 1. The first-order valence-electron chi connectivity index (χ1n) is 11.5. The van der Waals surface area contributed by atoms with E-state index in [0.717, 1.165) is 57.1 Å². The summed E-state index contributed by atoms with van der Waals surface area (Å²) in [4.78, 5) is 17.8. The zero-order chi connectivity index (χ0) is 21.8. The van der Waals surface area contributed by atoms with Crippen molar-refractivity contribution in [1.29, 1.82) is 0 Å². The molecule has 1 N–H and O–H groups in total. The second kappa shape index (κ2) is 9.94. The molecule has 5 nitrogen and oxygen atoms in total. The third-order valence-electron chi connectivity index (χ3n) is 6.66. The third kappa shape index (κ3) is 5.73. The standard InChI is InChI=1S/C26H35N3O2/c1-19-4-5-22(16-20(19)2)26(30)27-24-9-8-23(25(17-24)21-6-7-21)18-29-12-10-28(11-13-29)14-15-31-3/h4-5,8-9,16-17,21H,6-7,10-15,18H2,1-3H3,(H,27,30). The molecule has 1 saturated carbocycles. The molecule has 2 aromatic carbocycles. The lowest BCUT2D eigenvalue weighted by atomic mass is 10.0. The number of rotatable bonds is 8. The second-order valence-electron chi connectivity index (χ2n) is 9.05. The van der Waals surface area contributed by atoms with Gasteiger partial charge in [-0.15, -0.1) is 0 Å². The van der Waals surface area contributed by atoms with Crippen LogP contribution in [0.15, 0.2) is 36.4 Å². The number of hydrogen-bond acceptors (Lipinski definition) is 4. The molecule has 0 radical (unpaired) electrons. The summed E-state index contributed by atoms with van der Waals surface area (Å²) in [6.07, 6.45) is 2.51. The molecule has 1 amide bonds. The van der Waals surface area contributed by atoms with Crippen molar-refractivity contribution >= 4 is 11.6 Å². The Morgan fingerprint density at radius 3 is 2.42 bits per heavy atom. The van der Waals surface area contributed by atoms with Crippen LogP contribution in [-0.4, -0.2) is 62.1 Å². The average Bonchev–Trinajstić information content (AvgIpc) is 3.61. The maximum Gasteiger partial charge on any atom is 0.255 e. The van der Waals surface area contributed by atoms with Crippen molar-refractivity contribution in [2.45, 2.75) is 39.2 Å². The van der Waals surface area contributed by atoms with Gasteiger partial charge in [-0.3, -0.25) is 14.6 Å². The van der Waals surface area contributed by atoms with Crippen molar-refractivity contribution in [2.24, 2.45) is 0 Å². The first-order chi connectivity index (χ1) is 15.0. The predicted octanol–water partition coefficient (Wildman–Crippen LogP) is 4.20. The quantitative estimate of drug-likeness (QED) is 0.694. The Morgan fingerprint density at radius 2 is 1.74 bits per heavy atom. The van der Waals surface area contributed by atoms with Crippen LogP contribution in [0.25, 0.3) is 0 Å². The van der Waals surface area contributed by atoms with Crippen molar-refractivity contribution in [3.8, 4) is 0 Å². The summed E-state index contributed by atoms with van der Waals surface area (Å²) in [5.41, 5.74) is 6.79. The Morgan fingerprint density at radius 1 is 1.00 bits per heavy atom. The number of nitrogens with zero attached hydrogens (tertiary/aromatic N) is 2. The average molecular weight is 422 g/mol. The van der Waals surface area contributed by atoms with Gasteiger partial charge in [-0.1, -0.05) is 12.1 Å². The van der Waals surface area contributed by atoms with Gasteiger partial charge in [0.2, 0.25) is 0 Å². The second-order valence-corrected chi connectivity index (χ2v) is 9.05. The highest BCUT2D eigenvalue weighted by atomic mass is 16.5. The lowest BCUT2D eigenvalue weighted by Crippen LogP contribution is -2.46. The molecule has 1 aliphatic heterocycles. The number of carbonyl (C=O) groups is 1. The van der Waals surface area contributed by atoms with Crippen LogP contribution in [0.5, 0.6) is 0 Å². The molecular weight excluding hydrogens is 386 g/mol. The predicted molar refractivity (Wildman–Crippen MR) is 126 cm³/mol. The van der Waals surface area contributed by atoms with E-state index in [1.165, 1.54) is 29.5 Å². The van der Waals surface area contributed by atoms with E-state index in [2.05, 4.69) is 40.2 Å². The molecule has 0 bridgehead atoms. The van der Waals surface area contributed by atoms with Crippen molar-refractivity contribution < 1.29 is 9.53 Å². The first kappa shape index (κ1) is 22.0. The summed E-state index contributed by atoms with van der Waals surface area (Å²) >= 11 is 0. The summed E-state index contributed by atoms with van der Waals surface area (Å²) in [6, 6.07) is 12.4. The highest BCUT2D eigenvalue weighted by Gasteiger charge is 2.27. The number of hydrogen-bond donors (Lipinski definition) is 1. The fraction of sp³-hybridized carbons (Fsp3) is 0.500. The Bertz CT molecular complexity index is 915. The van der Waals surface area contributed by atoms with Gasteiger partial charge in [0.15, 0.2) is 0 Å². The summed E-state index contributed by atoms with van der Waals surface area (Å²) in [6.45, 7) is 11.3. The van der Waals surface area contributed by atoms with Crippen LogP contribution >= 0.6 is 0 Å². The molecule has 0 unspecified atom stereocenters. The molecule has 31 heavy (non-hydrogen) atoms. The Kier molecular flexibility index (Phi) is 7.06. The van der Waals surface area contributed by atoms with E-state index in [-0.39, 0.29) is 5.91 Å². The van der Waals surface area contributed by atoms with Crippen molar-refractivity contribution in [2.75, 3.05) is 51.8 Å². The van der Waals surface area contributed by atoms with Gasteiger partial charge in [0.05, 0.1) is 6.61 Å². The fourth-order valence-electron chi connectivity index (χ4n) is 4.31.